The minimum Gasteiger partial charge on any atom is -0.355 e. The summed E-state index contributed by atoms with van der Waals surface area (Å²) in [6.45, 7) is 0.489. The minimum atomic E-state index is -0.802. The molecule has 4 nitrogen and oxygen atoms in total. The van der Waals surface area contributed by atoms with Crippen molar-refractivity contribution >= 4 is 17.3 Å². The number of halogens is 2. The normalized spacial score (nSPS) is 13.8. The minimum absolute atomic E-state index is 0.223. The van der Waals surface area contributed by atoms with Crippen LogP contribution in [0, 0.1) is 23.0 Å². The van der Waals surface area contributed by atoms with Gasteiger partial charge in [-0.3, -0.25) is 4.79 Å². The van der Waals surface area contributed by atoms with E-state index < -0.39 is 23.2 Å². The number of fused-ring (bicyclic) bond motifs is 1. The van der Waals surface area contributed by atoms with Crippen LogP contribution in [0.25, 0.3) is 0 Å². The Kier molecular flexibility index (Phi) is 4.75. The smallest absolute Gasteiger partial charge is 0.270 e. The fourth-order valence-electron chi connectivity index (χ4n) is 2.81. The number of carbonyl (C=O) groups excluding carboxylic acids is 1. The molecule has 2 aromatic rings. The molecule has 0 saturated carbocycles. The maximum Gasteiger partial charge on any atom is 0.270 e. The molecular weight excluding hydrogens is 324 g/mol. The van der Waals surface area contributed by atoms with Crippen molar-refractivity contribution in [1.29, 1.82) is 5.26 Å². The monoisotopic (exact) mass is 339 g/mol. The quantitative estimate of drug-likeness (QED) is 0.684. The van der Waals surface area contributed by atoms with Crippen LogP contribution in [0.4, 0.5) is 20.2 Å². The second kappa shape index (κ2) is 7.14. The molecule has 6 heteroatoms. The summed E-state index contributed by atoms with van der Waals surface area (Å²) in [5.41, 5.74) is 1.17. The second-order valence-electron chi connectivity index (χ2n) is 5.60. The SMILES string of the molecule is N#C/C(=C/Nc1c(F)cccc1F)C(=O)N1CCCc2ccccc21. The van der Waals surface area contributed by atoms with Gasteiger partial charge in [-0.2, -0.15) is 5.26 Å². The Labute approximate surface area is 144 Å². The third kappa shape index (κ3) is 3.36. The van der Waals surface area contributed by atoms with Gasteiger partial charge in [0.2, 0.25) is 0 Å². The molecule has 1 amide bonds. The Morgan fingerprint density at radius 1 is 1.16 bits per heavy atom. The van der Waals surface area contributed by atoms with E-state index in [1.807, 2.05) is 24.3 Å². The van der Waals surface area contributed by atoms with Crippen LogP contribution in [-0.2, 0) is 11.2 Å². The van der Waals surface area contributed by atoms with Crippen LogP contribution in [0.3, 0.4) is 0 Å². The first kappa shape index (κ1) is 16.7. The van der Waals surface area contributed by atoms with Gasteiger partial charge in [0.05, 0.1) is 0 Å². The second-order valence-corrected chi connectivity index (χ2v) is 5.60. The Bertz CT molecular complexity index is 866. The van der Waals surface area contributed by atoms with E-state index >= 15 is 0 Å². The highest BCUT2D eigenvalue weighted by Crippen LogP contribution is 2.28. The number of benzene rings is 2. The predicted molar refractivity (Wildman–Crippen MR) is 90.8 cm³/mol. The maximum atomic E-state index is 13.6. The van der Waals surface area contributed by atoms with E-state index in [1.165, 1.54) is 11.0 Å². The van der Waals surface area contributed by atoms with Crippen LogP contribution in [0.15, 0.2) is 54.2 Å². The van der Waals surface area contributed by atoms with Crippen LogP contribution in [0.2, 0.25) is 0 Å². The van der Waals surface area contributed by atoms with E-state index in [0.29, 0.717) is 6.54 Å². The van der Waals surface area contributed by atoms with Gasteiger partial charge in [-0.05, 0) is 36.6 Å². The number of hydrogen-bond acceptors (Lipinski definition) is 3. The number of amides is 1. The molecule has 0 spiro atoms. The molecule has 0 unspecified atom stereocenters. The third-order valence-corrected chi connectivity index (χ3v) is 4.03. The van der Waals surface area contributed by atoms with Crippen molar-refractivity contribution in [2.75, 3.05) is 16.8 Å². The molecule has 0 aromatic heterocycles. The van der Waals surface area contributed by atoms with E-state index in [1.54, 1.807) is 6.07 Å². The summed E-state index contributed by atoms with van der Waals surface area (Å²) >= 11 is 0. The van der Waals surface area contributed by atoms with Crippen molar-refractivity contribution in [3.05, 3.63) is 71.4 Å². The lowest BCUT2D eigenvalue weighted by atomic mass is 10.0. The van der Waals surface area contributed by atoms with Gasteiger partial charge < -0.3 is 10.2 Å². The third-order valence-electron chi connectivity index (χ3n) is 4.03. The molecule has 2 aromatic carbocycles. The molecule has 0 saturated heterocycles. The number of aryl methyl sites for hydroxylation is 1. The largest absolute Gasteiger partial charge is 0.355 e. The number of hydrogen-bond donors (Lipinski definition) is 1. The molecule has 126 valence electrons. The van der Waals surface area contributed by atoms with Crippen LogP contribution in [-0.4, -0.2) is 12.5 Å². The number of anilines is 2. The Hall–Kier alpha value is -3.20. The number of nitrogens with zero attached hydrogens (tertiary/aromatic N) is 2. The summed E-state index contributed by atoms with van der Waals surface area (Å²) in [5.74, 6) is -2.10. The summed E-state index contributed by atoms with van der Waals surface area (Å²) < 4.78 is 27.3. The number of rotatable bonds is 3. The molecule has 0 fully saturated rings. The number of carbonyl (C=O) groups is 1. The topological polar surface area (TPSA) is 56.1 Å². The Morgan fingerprint density at radius 2 is 1.88 bits per heavy atom. The summed E-state index contributed by atoms with van der Waals surface area (Å²) in [6.07, 6.45) is 2.70. The summed E-state index contributed by atoms with van der Waals surface area (Å²) in [4.78, 5) is 14.2. The summed E-state index contributed by atoms with van der Waals surface area (Å²) in [6, 6.07) is 12.7. The zero-order chi connectivity index (χ0) is 17.8. The molecule has 3 rings (SSSR count). The van der Waals surface area contributed by atoms with Crippen molar-refractivity contribution < 1.29 is 13.6 Å². The first-order valence-corrected chi connectivity index (χ1v) is 7.82. The molecule has 1 aliphatic rings. The summed E-state index contributed by atoms with van der Waals surface area (Å²) in [5, 5.41) is 11.7. The molecule has 0 bridgehead atoms. The van der Waals surface area contributed by atoms with Crippen LogP contribution in [0.1, 0.15) is 12.0 Å². The first-order valence-electron chi connectivity index (χ1n) is 7.82. The molecule has 25 heavy (non-hydrogen) atoms. The first-order chi connectivity index (χ1) is 12.1. The Morgan fingerprint density at radius 3 is 2.60 bits per heavy atom. The van der Waals surface area contributed by atoms with Crippen molar-refractivity contribution in [1.82, 2.24) is 0 Å². The molecule has 0 aliphatic carbocycles. The predicted octanol–water partition coefficient (Wildman–Crippen LogP) is 3.76. The highest BCUT2D eigenvalue weighted by Gasteiger charge is 2.25. The standard InChI is InChI=1S/C19H15F2N3O/c20-15-7-3-8-16(21)18(15)23-12-14(11-22)19(25)24-10-4-6-13-5-1-2-9-17(13)24/h1-3,5,7-9,12,23H,4,6,10H2/b14-12-. The number of nitrogens with one attached hydrogen (secondary N) is 1. The van der Waals surface area contributed by atoms with Crippen LogP contribution < -0.4 is 10.2 Å². The van der Waals surface area contributed by atoms with Gasteiger partial charge in [0.25, 0.3) is 5.91 Å². The van der Waals surface area contributed by atoms with Crippen LogP contribution in [0.5, 0.6) is 0 Å². The van der Waals surface area contributed by atoms with Gasteiger partial charge >= 0.3 is 0 Å². The van der Waals surface area contributed by atoms with Crippen molar-refractivity contribution in [2.24, 2.45) is 0 Å². The molecule has 1 N–H and O–H groups in total. The molecule has 1 heterocycles. The number of nitriles is 1. The fourth-order valence-corrected chi connectivity index (χ4v) is 2.81. The number of para-hydroxylation sites is 2. The van der Waals surface area contributed by atoms with E-state index in [-0.39, 0.29) is 5.57 Å². The molecule has 0 atom stereocenters. The van der Waals surface area contributed by atoms with E-state index in [0.717, 1.165) is 42.4 Å². The van der Waals surface area contributed by atoms with E-state index in [9.17, 15) is 18.8 Å². The zero-order valence-electron chi connectivity index (χ0n) is 13.3. The van der Waals surface area contributed by atoms with Gasteiger partial charge in [-0.25, -0.2) is 8.78 Å². The summed E-state index contributed by atoms with van der Waals surface area (Å²) in [7, 11) is 0. The van der Waals surface area contributed by atoms with Gasteiger partial charge in [-0.1, -0.05) is 24.3 Å². The maximum absolute atomic E-state index is 13.6. The Balaban J connectivity index is 1.87. The highest BCUT2D eigenvalue weighted by molar-refractivity contribution is 6.09. The fraction of sp³-hybridized carbons (Fsp3) is 0.158. The van der Waals surface area contributed by atoms with Gasteiger partial charge in [-0.15, -0.1) is 0 Å². The average Bonchev–Trinajstić information content (AvgIpc) is 2.63. The molecule has 0 radical (unpaired) electrons. The van der Waals surface area contributed by atoms with Crippen molar-refractivity contribution in [2.45, 2.75) is 12.8 Å². The lowest BCUT2D eigenvalue weighted by Crippen LogP contribution is -2.36. The van der Waals surface area contributed by atoms with Gasteiger partial charge in [0, 0.05) is 18.4 Å². The zero-order valence-corrected chi connectivity index (χ0v) is 13.3. The van der Waals surface area contributed by atoms with Gasteiger partial charge in [0.15, 0.2) is 0 Å². The lowest BCUT2D eigenvalue weighted by molar-refractivity contribution is -0.114. The lowest BCUT2D eigenvalue weighted by Gasteiger charge is -2.29. The average molecular weight is 339 g/mol. The van der Waals surface area contributed by atoms with Crippen molar-refractivity contribution in [3.8, 4) is 6.07 Å². The molecule has 1 aliphatic heterocycles. The highest BCUT2D eigenvalue weighted by atomic mass is 19.1. The van der Waals surface area contributed by atoms with E-state index in [2.05, 4.69) is 5.32 Å². The van der Waals surface area contributed by atoms with Crippen LogP contribution >= 0.6 is 0 Å². The molecular formula is C19H15F2N3O. The van der Waals surface area contributed by atoms with E-state index in [4.69, 9.17) is 0 Å². The van der Waals surface area contributed by atoms with Gasteiger partial charge in [0.1, 0.15) is 29.0 Å². The van der Waals surface area contributed by atoms with Crippen molar-refractivity contribution in [3.63, 3.8) is 0 Å².